The highest BCUT2D eigenvalue weighted by Crippen LogP contribution is 2.33. The molecule has 26 heavy (non-hydrogen) atoms. The molecule has 0 unspecified atom stereocenters. The van der Waals surface area contributed by atoms with Gasteiger partial charge in [0.25, 0.3) is 0 Å². The van der Waals surface area contributed by atoms with Gasteiger partial charge in [0.15, 0.2) is 0 Å². The van der Waals surface area contributed by atoms with Crippen molar-refractivity contribution >= 4 is 23.2 Å². The summed E-state index contributed by atoms with van der Waals surface area (Å²) in [7, 11) is 0. The van der Waals surface area contributed by atoms with E-state index in [4.69, 9.17) is 16.3 Å². The van der Waals surface area contributed by atoms with Gasteiger partial charge in [-0.3, -0.25) is 4.79 Å². The highest BCUT2D eigenvalue weighted by atomic mass is 35.5. The van der Waals surface area contributed by atoms with E-state index in [9.17, 15) is 22.4 Å². The molecule has 0 spiro atoms. The number of rotatable bonds is 6. The van der Waals surface area contributed by atoms with Gasteiger partial charge < -0.3 is 10.1 Å². The van der Waals surface area contributed by atoms with Gasteiger partial charge in [-0.2, -0.15) is 13.2 Å². The van der Waals surface area contributed by atoms with Crippen LogP contribution in [-0.4, -0.2) is 11.8 Å². The molecule has 0 radical (unpaired) electrons. The van der Waals surface area contributed by atoms with Crippen LogP contribution in [0.15, 0.2) is 36.4 Å². The molecule has 2 rings (SSSR count). The Balaban J connectivity index is 2.12. The molecule has 0 fully saturated rings. The zero-order valence-corrected chi connectivity index (χ0v) is 14.5. The lowest BCUT2D eigenvalue weighted by Crippen LogP contribution is -2.15. The van der Waals surface area contributed by atoms with E-state index in [1.165, 1.54) is 0 Å². The third kappa shape index (κ3) is 5.44. The van der Waals surface area contributed by atoms with Crippen molar-refractivity contribution in [3.63, 3.8) is 0 Å². The molecule has 8 heteroatoms. The van der Waals surface area contributed by atoms with E-state index in [1.807, 2.05) is 6.92 Å². The van der Waals surface area contributed by atoms with E-state index < -0.39 is 23.5 Å². The Hall–Kier alpha value is -2.12. The van der Waals surface area contributed by atoms with Gasteiger partial charge in [-0.15, -0.1) is 11.6 Å². The predicted octanol–water partition coefficient (Wildman–Crippen LogP) is 5.05. The fourth-order valence-electron chi connectivity index (χ4n) is 2.33. The third-order valence-electron chi connectivity index (χ3n) is 3.55. The van der Waals surface area contributed by atoms with Crippen LogP contribution in [0.5, 0.6) is 0 Å². The third-order valence-corrected chi connectivity index (χ3v) is 3.80. The van der Waals surface area contributed by atoms with Gasteiger partial charge in [0.1, 0.15) is 11.7 Å². The first-order valence-corrected chi connectivity index (χ1v) is 8.13. The second-order valence-electron chi connectivity index (χ2n) is 5.63. The van der Waals surface area contributed by atoms with Crippen LogP contribution in [0.4, 0.5) is 23.2 Å². The summed E-state index contributed by atoms with van der Waals surface area (Å²) in [5.74, 6) is -1.60. The zero-order valence-electron chi connectivity index (χ0n) is 13.8. The highest BCUT2D eigenvalue weighted by Gasteiger charge is 2.33. The quantitative estimate of drug-likeness (QED) is 0.554. The van der Waals surface area contributed by atoms with Crippen molar-refractivity contribution in [2.75, 3.05) is 11.2 Å². The molecule has 1 N–H and O–H groups in total. The average Bonchev–Trinajstić information content (AvgIpc) is 2.57. The van der Waals surface area contributed by atoms with E-state index in [0.29, 0.717) is 17.3 Å². The molecule has 0 aliphatic rings. The van der Waals surface area contributed by atoms with E-state index >= 15 is 0 Å². The monoisotopic (exact) mass is 389 g/mol. The SMILES string of the molecule is Cc1ccc(COCc2ccc(F)cc2C(F)(F)F)c(NC(=O)CCl)c1. The van der Waals surface area contributed by atoms with Gasteiger partial charge in [-0.05, 0) is 36.2 Å². The number of benzene rings is 2. The molecule has 0 bridgehead atoms. The Morgan fingerprint density at radius 1 is 1.12 bits per heavy atom. The van der Waals surface area contributed by atoms with Crippen molar-refractivity contribution in [2.45, 2.75) is 26.3 Å². The van der Waals surface area contributed by atoms with Crippen LogP contribution in [0.1, 0.15) is 22.3 Å². The largest absolute Gasteiger partial charge is 0.416 e. The van der Waals surface area contributed by atoms with Crippen molar-refractivity contribution < 1.29 is 27.1 Å². The maximum atomic E-state index is 13.1. The summed E-state index contributed by atoms with van der Waals surface area (Å²) in [6.07, 6.45) is -4.68. The maximum absolute atomic E-state index is 13.1. The Labute approximate surface area is 152 Å². The minimum Gasteiger partial charge on any atom is -0.372 e. The Bertz CT molecular complexity index is 793. The molecule has 1 amide bonds. The molecule has 2 aromatic carbocycles. The topological polar surface area (TPSA) is 38.3 Å². The molecule has 0 aliphatic heterocycles. The van der Waals surface area contributed by atoms with Crippen LogP contribution in [0.25, 0.3) is 0 Å². The summed E-state index contributed by atoms with van der Waals surface area (Å²) in [6, 6.07) is 7.64. The summed E-state index contributed by atoms with van der Waals surface area (Å²) >= 11 is 5.47. The fraction of sp³-hybridized carbons (Fsp3) is 0.278. The predicted molar refractivity (Wildman–Crippen MR) is 90.4 cm³/mol. The van der Waals surface area contributed by atoms with E-state index in [-0.39, 0.29) is 24.7 Å². The number of alkyl halides is 4. The average molecular weight is 390 g/mol. The second-order valence-corrected chi connectivity index (χ2v) is 5.90. The number of carbonyl (C=O) groups is 1. The lowest BCUT2D eigenvalue weighted by molar-refractivity contribution is -0.139. The summed E-state index contributed by atoms with van der Waals surface area (Å²) in [4.78, 5) is 11.5. The summed E-state index contributed by atoms with van der Waals surface area (Å²) in [5, 5.41) is 2.61. The number of ether oxygens (including phenoxy) is 1. The lowest BCUT2D eigenvalue weighted by Gasteiger charge is -2.15. The first-order chi connectivity index (χ1) is 12.2. The van der Waals surface area contributed by atoms with E-state index in [0.717, 1.165) is 17.7 Å². The molecular weight excluding hydrogens is 374 g/mol. The van der Waals surface area contributed by atoms with Gasteiger partial charge >= 0.3 is 6.18 Å². The molecule has 2 aromatic rings. The maximum Gasteiger partial charge on any atom is 0.416 e. The molecule has 0 saturated heterocycles. The lowest BCUT2D eigenvalue weighted by atomic mass is 10.1. The van der Waals surface area contributed by atoms with Crippen molar-refractivity contribution in [1.82, 2.24) is 0 Å². The van der Waals surface area contributed by atoms with E-state index in [1.54, 1.807) is 18.2 Å². The number of aryl methyl sites for hydroxylation is 1. The zero-order chi connectivity index (χ0) is 19.3. The standard InChI is InChI=1S/C18H16ClF4NO2/c1-11-2-3-13(16(6-11)24-17(25)8-19)10-26-9-12-4-5-14(20)7-15(12)18(21,22)23/h2-7H,8-10H2,1H3,(H,24,25). The van der Waals surface area contributed by atoms with Gasteiger partial charge in [-0.25, -0.2) is 4.39 Å². The van der Waals surface area contributed by atoms with E-state index in [2.05, 4.69) is 5.32 Å². The van der Waals surface area contributed by atoms with Crippen LogP contribution in [-0.2, 0) is 28.9 Å². The Morgan fingerprint density at radius 3 is 2.42 bits per heavy atom. The van der Waals surface area contributed by atoms with Crippen LogP contribution in [0.3, 0.4) is 0 Å². The first kappa shape index (κ1) is 20.2. The number of hydrogen-bond acceptors (Lipinski definition) is 2. The number of nitrogens with one attached hydrogen (secondary N) is 1. The highest BCUT2D eigenvalue weighted by molar-refractivity contribution is 6.29. The normalized spacial score (nSPS) is 11.5. The summed E-state index contributed by atoms with van der Waals surface area (Å²) in [6.45, 7) is 1.44. The Kier molecular flexibility index (Phi) is 6.61. The molecule has 140 valence electrons. The molecule has 0 aromatic heterocycles. The first-order valence-electron chi connectivity index (χ1n) is 7.59. The van der Waals surface area contributed by atoms with Gasteiger partial charge in [0, 0.05) is 11.3 Å². The number of hydrogen-bond donors (Lipinski definition) is 1. The van der Waals surface area contributed by atoms with Crippen LogP contribution < -0.4 is 5.32 Å². The minimum atomic E-state index is -4.68. The van der Waals surface area contributed by atoms with Gasteiger partial charge in [0.2, 0.25) is 5.91 Å². The second kappa shape index (κ2) is 8.51. The van der Waals surface area contributed by atoms with Crippen LogP contribution in [0.2, 0.25) is 0 Å². The number of anilines is 1. The van der Waals surface area contributed by atoms with Crippen molar-refractivity contribution in [2.24, 2.45) is 0 Å². The summed E-state index contributed by atoms with van der Waals surface area (Å²) in [5.41, 5.74) is 0.710. The van der Waals surface area contributed by atoms with Crippen molar-refractivity contribution in [3.05, 3.63) is 64.5 Å². The molecule has 0 heterocycles. The molecule has 3 nitrogen and oxygen atoms in total. The van der Waals surface area contributed by atoms with Gasteiger partial charge in [0.05, 0.1) is 18.8 Å². The number of amides is 1. The molecule has 0 saturated carbocycles. The molecule has 0 aliphatic carbocycles. The molecule has 0 atom stereocenters. The number of carbonyl (C=O) groups excluding carboxylic acids is 1. The van der Waals surface area contributed by atoms with Crippen LogP contribution >= 0.6 is 11.6 Å². The minimum absolute atomic E-state index is 0.0349. The van der Waals surface area contributed by atoms with Crippen molar-refractivity contribution in [1.29, 1.82) is 0 Å². The molecular formula is C18H16ClF4NO2. The van der Waals surface area contributed by atoms with Gasteiger partial charge in [-0.1, -0.05) is 18.2 Å². The smallest absolute Gasteiger partial charge is 0.372 e. The van der Waals surface area contributed by atoms with Crippen molar-refractivity contribution in [3.8, 4) is 0 Å². The number of halogens is 5. The fourth-order valence-corrected chi connectivity index (χ4v) is 2.39. The Morgan fingerprint density at radius 2 is 1.77 bits per heavy atom. The summed E-state index contributed by atoms with van der Waals surface area (Å²) < 4.78 is 57.5. The van der Waals surface area contributed by atoms with Crippen LogP contribution in [0, 0.1) is 12.7 Å².